The van der Waals surface area contributed by atoms with Crippen LogP contribution in [-0.4, -0.2) is 35.8 Å². The molecule has 8 heteroatoms. The molecule has 2 aromatic carbocycles. The molecule has 0 bridgehead atoms. The lowest BCUT2D eigenvalue weighted by molar-refractivity contribution is 0.0827. The van der Waals surface area contributed by atoms with Gasteiger partial charge in [-0.1, -0.05) is 35.3 Å². The van der Waals surface area contributed by atoms with Crippen LogP contribution in [0.15, 0.2) is 47.8 Å². The molecular weight excluding hydrogens is 405 g/mol. The number of anilines is 1. The van der Waals surface area contributed by atoms with Crippen LogP contribution in [0, 0.1) is 0 Å². The summed E-state index contributed by atoms with van der Waals surface area (Å²) in [6, 6.07) is 12.0. The van der Waals surface area contributed by atoms with Crippen LogP contribution in [0.5, 0.6) is 0 Å². The Hall–Kier alpha value is -2.41. The molecule has 5 nitrogen and oxygen atoms in total. The zero-order valence-electron chi connectivity index (χ0n) is 14.5. The number of benzene rings is 2. The van der Waals surface area contributed by atoms with Gasteiger partial charge in [-0.15, -0.1) is 11.3 Å². The highest BCUT2D eigenvalue weighted by Gasteiger charge is 2.14. The Kier molecular flexibility index (Phi) is 5.79. The van der Waals surface area contributed by atoms with E-state index in [1.807, 2.05) is 0 Å². The molecule has 0 atom stereocenters. The van der Waals surface area contributed by atoms with Crippen LogP contribution in [0.2, 0.25) is 10.0 Å². The number of halogens is 2. The predicted octanol–water partition coefficient (Wildman–Crippen LogP) is 5.07. The van der Waals surface area contributed by atoms with Crippen molar-refractivity contribution >= 4 is 52.0 Å². The lowest BCUT2D eigenvalue weighted by Crippen LogP contribution is -2.22. The highest BCUT2D eigenvalue weighted by molar-refractivity contribution is 7.13. The minimum Gasteiger partial charge on any atom is -0.345 e. The molecule has 0 fully saturated rings. The summed E-state index contributed by atoms with van der Waals surface area (Å²) >= 11 is 13.3. The van der Waals surface area contributed by atoms with E-state index in [-0.39, 0.29) is 17.5 Å². The Bertz CT molecular complexity index is 1020. The minimum absolute atomic E-state index is 0.137. The smallest absolute Gasteiger partial charge is 0.275 e. The van der Waals surface area contributed by atoms with Gasteiger partial charge >= 0.3 is 0 Å². The van der Waals surface area contributed by atoms with Crippen LogP contribution < -0.4 is 5.32 Å². The largest absolute Gasteiger partial charge is 0.345 e. The van der Waals surface area contributed by atoms with Crippen molar-refractivity contribution in [2.45, 2.75) is 0 Å². The summed E-state index contributed by atoms with van der Waals surface area (Å²) in [6.45, 7) is 0. The molecule has 1 heterocycles. The van der Waals surface area contributed by atoms with Crippen molar-refractivity contribution in [3.63, 3.8) is 0 Å². The fourth-order valence-electron chi connectivity index (χ4n) is 2.32. The van der Waals surface area contributed by atoms with E-state index in [0.717, 1.165) is 5.56 Å². The molecule has 0 aliphatic rings. The maximum atomic E-state index is 12.5. The zero-order chi connectivity index (χ0) is 19.6. The number of hydrogen-bond acceptors (Lipinski definition) is 4. The highest BCUT2D eigenvalue weighted by atomic mass is 35.5. The molecule has 0 aliphatic carbocycles. The Morgan fingerprint density at radius 1 is 1.07 bits per heavy atom. The van der Waals surface area contributed by atoms with Crippen molar-refractivity contribution in [1.29, 1.82) is 0 Å². The lowest BCUT2D eigenvalue weighted by atomic mass is 10.2. The van der Waals surface area contributed by atoms with Crippen molar-refractivity contribution < 1.29 is 9.59 Å². The first-order valence-electron chi connectivity index (χ1n) is 7.89. The van der Waals surface area contributed by atoms with E-state index in [1.54, 1.807) is 61.9 Å². The summed E-state index contributed by atoms with van der Waals surface area (Å²) in [6.07, 6.45) is 0. The third-order valence-corrected chi connectivity index (χ3v) is 5.31. The summed E-state index contributed by atoms with van der Waals surface area (Å²) < 4.78 is 0. The predicted molar refractivity (Wildman–Crippen MR) is 110 cm³/mol. The van der Waals surface area contributed by atoms with Gasteiger partial charge in [0.1, 0.15) is 10.7 Å². The fourth-order valence-corrected chi connectivity index (χ4v) is 3.42. The zero-order valence-corrected chi connectivity index (χ0v) is 16.8. The average molecular weight is 420 g/mol. The first-order chi connectivity index (χ1) is 12.8. The molecular formula is C19H15Cl2N3O2S. The molecule has 27 heavy (non-hydrogen) atoms. The van der Waals surface area contributed by atoms with Gasteiger partial charge in [0.2, 0.25) is 0 Å². The van der Waals surface area contributed by atoms with E-state index < -0.39 is 0 Å². The third kappa shape index (κ3) is 4.47. The monoisotopic (exact) mass is 419 g/mol. The van der Waals surface area contributed by atoms with Gasteiger partial charge < -0.3 is 10.2 Å². The number of carbonyl (C=O) groups is 2. The Morgan fingerprint density at radius 3 is 2.56 bits per heavy atom. The summed E-state index contributed by atoms with van der Waals surface area (Å²) in [5.74, 6) is -0.492. The van der Waals surface area contributed by atoms with Gasteiger partial charge in [-0.2, -0.15) is 0 Å². The van der Waals surface area contributed by atoms with Gasteiger partial charge in [0.05, 0.1) is 10.0 Å². The Labute approximate surface area is 170 Å². The fraction of sp³-hybridized carbons (Fsp3) is 0.105. The van der Waals surface area contributed by atoms with E-state index in [0.29, 0.717) is 26.3 Å². The standard InChI is InChI=1S/C19H15Cl2N3O2S/c1-24(2)19(26)12-4-3-5-13(8-12)22-17(25)16-10-27-18(23-16)11-6-7-14(20)15(21)9-11/h3-10H,1-2H3,(H,22,25). The second kappa shape index (κ2) is 8.08. The van der Waals surface area contributed by atoms with Crippen molar-refractivity contribution in [2.24, 2.45) is 0 Å². The van der Waals surface area contributed by atoms with Crippen LogP contribution >= 0.6 is 34.5 Å². The van der Waals surface area contributed by atoms with Gasteiger partial charge in [0.25, 0.3) is 11.8 Å². The van der Waals surface area contributed by atoms with Crippen molar-refractivity contribution in [3.05, 3.63) is 69.1 Å². The lowest BCUT2D eigenvalue weighted by Gasteiger charge is -2.11. The molecule has 138 valence electrons. The molecule has 3 rings (SSSR count). The molecule has 0 spiro atoms. The van der Waals surface area contributed by atoms with E-state index in [1.165, 1.54) is 16.2 Å². The first-order valence-corrected chi connectivity index (χ1v) is 9.52. The van der Waals surface area contributed by atoms with Crippen LogP contribution in [0.1, 0.15) is 20.8 Å². The molecule has 0 aliphatic heterocycles. The molecule has 0 unspecified atom stereocenters. The molecule has 1 aromatic heterocycles. The molecule has 0 saturated carbocycles. The second-order valence-corrected chi connectivity index (χ2v) is 7.57. The Balaban J connectivity index is 1.78. The number of amides is 2. The summed E-state index contributed by atoms with van der Waals surface area (Å²) in [4.78, 5) is 30.4. The maximum Gasteiger partial charge on any atom is 0.275 e. The number of aromatic nitrogens is 1. The summed E-state index contributed by atoms with van der Waals surface area (Å²) in [5.41, 5.74) is 2.08. The van der Waals surface area contributed by atoms with E-state index in [4.69, 9.17) is 23.2 Å². The molecule has 0 saturated heterocycles. The molecule has 2 amide bonds. The summed E-state index contributed by atoms with van der Waals surface area (Å²) in [5, 5.41) is 5.98. The molecule has 0 radical (unpaired) electrons. The van der Waals surface area contributed by atoms with Crippen LogP contribution in [0.25, 0.3) is 10.6 Å². The minimum atomic E-state index is -0.355. The number of thiazole rings is 1. The van der Waals surface area contributed by atoms with Gasteiger partial charge in [0.15, 0.2) is 0 Å². The second-order valence-electron chi connectivity index (χ2n) is 5.90. The first kappa shape index (κ1) is 19.4. The number of nitrogens with one attached hydrogen (secondary N) is 1. The quantitative estimate of drug-likeness (QED) is 0.641. The number of hydrogen-bond donors (Lipinski definition) is 1. The van der Waals surface area contributed by atoms with Crippen molar-refractivity contribution in [2.75, 3.05) is 19.4 Å². The highest BCUT2D eigenvalue weighted by Crippen LogP contribution is 2.30. The average Bonchev–Trinajstić information content (AvgIpc) is 3.14. The number of rotatable bonds is 4. The van der Waals surface area contributed by atoms with Crippen molar-refractivity contribution in [3.8, 4) is 10.6 Å². The van der Waals surface area contributed by atoms with Crippen LogP contribution in [0.3, 0.4) is 0 Å². The normalized spacial score (nSPS) is 10.5. The van der Waals surface area contributed by atoms with Gasteiger partial charge in [-0.3, -0.25) is 9.59 Å². The maximum absolute atomic E-state index is 12.5. The molecule has 3 aromatic rings. The summed E-state index contributed by atoms with van der Waals surface area (Å²) in [7, 11) is 3.35. The SMILES string of the molecule is CN(C)C(=O)c1cccc(NC(=O)c2csc(-c3ccc(Cl)c(Cl)c3)n2)c1. The molecule has 1 N–H and O–H groups in total. The van der Waals surface area contributed by atoms with E-state index in [9.17, 15) is 9.59 Å². The van der Waals surface area contributed by atoms with Gasteiger partial charge in [-0.25, -0.2) is 4.98 Å². The van der Waals surface area contributed by atoms with Crippen LogP contribution in [0.4, 0.5) is 5.69 Å². The van der Waals surface area contributed by atoms with Gasteiger partial charge in [-0.05, 0) is 30.3 Å². The number of nitrogens with zero attached hydrogens (tertiary/aromatic N) is 2. The van der Waals surface area contributed by atoms with Crippen LogP contribution in [-0.2, 0) is 0 Å². The third-order valence-electron chi connectivity index (χ3n) is 3.68. The van der Waals surface area contributed by atoms with Crippen molar-refractivity contribution in [1.82, 2.24) is 9.88 Å². The van der Waals surface area contributed by atoms with E-state index >= 15 is 0 Å². The Morgan fingerprint density at radius 2 is 1.85 bits per heavy atom. The topological polar surface area (TPSA) is 62.3 Å². The van der Waals surface area contributed by atoms with Gasteiger partial charge in [0, 0.05) is 36.3 Å². The van der Waals surface area contributed by atoms with E-state index in [2.05, 4.69) is 10.3 Å². The number of carbonyl (C=O) groups excluding carboxylic acids is 2.